The molecule has 0 unspecified atom stereocenters. The van der Waals surface area contributed by atoms with E-state index in [9.17, 15) is 0 Å². The van der Waals surface area contributed by atoms with Gasteiger partial charge in [0.05, 0.1) is 10.6 Å². The van der Waals surface area contributed by atoms with Crippen LogP contribution in [0.15, 0.2) is 48.5 Å². The lowest BCUT2D eigenvalue weighted by molar-refractivity contribution is 0.591. The van der Waals surface area contributed by atoms with Gasteiger partial charge in [-0.3, -0.25) is 0 Å². The zero-order valence-electron chi connectivity index (χ0n) is 16.4. The quantitative estimate of drug-likeness (QED) is 0.377. The van der Waals surface area contributed by atoms with E-state index in [-0.39, 0.29) is 5.41 Å². The van der Waals surface area contributed by atoms with E-state index in [1.165, 1.54) is 42.7 Å². The second-order valence-corrected chi connectivity index (χ2v) is 9.47. The first kappa shape index (κ1) is 18.3. The predicted molar refractivity (Wildman–Crippen MR) is 120 cm³/mol. The number of H-pyrrole nitrogens is 1. The highest BCUT2D eigenvalue weighted by atomic mass is 32.1. The Labute approximate surface area is 165 Å². The van der Waals surface area contributed by atoms with Crippen LogP contribution < -0.4 is 5.73 Å². The first-order valence-electron chi connectivity index (χ1n) is 9.81. The molecule has 4 aromatic rings. The molecular formula is C24H28N2S. The van der Waals surface area contributed by atoms with E-state index in [0.717, 1.165) is 25.8 Å². The number of fused-ring (bicyclic) bond motifs is 2. The van der Waals surface area contributed by atoms with Gasteiger partial charge in [0.1, 0.15) is 0 Å². The summed E-state index contributed by atoms with van der Waals surface area (Å²) in [7, 11) is 0. The molecule has 2 heterocycles. The van der Waals surface area contributed by atoms with Crippen LogP contribution in [-0.4, -0.2) is 11.5 Å². The predicted octanol–water partition coefficient (Wildman–Crippen LogP) is 6.63. The van der Waals surface area contributed by atoms with Gasteiger partial charge >= 0.3 is 0 Å². The van der Waals surface area contributed by atoms with Gasteiger partial charge in [-0.2, -0.15) is 0 Å². The van der Waals surface area contributed by atoms with Gasteiger partial charge in [0.15, 0.2) is 0 Å². The van der Waals surface area contributed by atoms with Gasteiger partial charge in [-0.25, -0.2) is 0 Å². The van der Waals surface area contributed by atoms with Crippen LogP contribution >= 0.6 is 11.3 Å². The summed E-state index contributed by atoms with van der Waals surface area (Å²) in [6, 6.07) is 17.9. The molecule has 2 aromatic heterocycles. The van der Waals surface area contributed by atoms with Crippen molar-refractivity contribution >= 4 is 32.3 Å². The summed E-state index contributed by atoms with van der Waals surface area (Å²) in [5.41, 5.74) is 11.3. The van der Waals surface area contributed by atoms with Crippen molar-refractivity contribution in [1.29, 1.82) is 0 Å². The Bertz CT molecular complexity index is 1050. The lowest BCUT2D eigenvalue weighted by atomic mass is 9.86. The number of hydrogen-bond donors (Lipinski definition) is 2. The maximum Gasteiger partial charge on any atom is 0.0599 e. The molecule has 0 amide bonds. The molecule has 0 atom stereocenters. The van der Waals surface area contributed by atoms with E-state index >= 15 is 0 Å². The van der Waals surface area contributed by atoms with E-state index in [0.29, 0.717) is 0 Å². The van der Waals surface area contributed by atoms with Crippen LogP contribution in [0.2, 0.25) is 0 Å². The topological polar surface area (TPSA) is 41.8 Å². The maximum absolute atomic E-state index is 5.76. The third kappa shape index (κ3) is 3.54. The number of aryl methyl sites for hydroxylation is 1. The van der Waals surface area contributed by atoms with Crippen LogP contribution in [0.5, 0.6) is 0 Å². The molecule has 0 radical (unpaired) electrons. The molecule has 0 fully saturated rings. The molecule has 0 bridgehead atoms. The summed E-state index contributed by atoms with van der Waals surface area (Å²) >= 11 is 1.87. The summed E-state index contributed by atoms with van der Waals surface area (Å²) < 4.78 is 1.34. The Morgan fingerprint density at radius 3 is 2.56 bits per heavy atom. The molecule has 3 N–H and O–H groups in total. The van der Waals surface area contributed by atoms with E-state index in [1.54, 1.807) is 0 Å². The van der Waals surface area contributed by atoms with Gasteiger partial charge < -0.3 is 10.7 Å². The third-order valence-electron chi connectivity index (χ3n) is 5.32. The van der Waals surface area contributed by atoms with Crippen molar-refractivity contribution in [2.45, 2.75) is 45.4 Å². The fourth-order valence-electron chi connectivity index (χ4n) is 3.74. The Balaban J connectivity index is 1.88. The SMILES string of the molecule is CC(C)(C)c1ccc2[nH]c(-c3cc4ccccc4s3)c(CCCCN)c2c1. The van der Waals surface area contributed by atoms with Gasteiger partial charge in [-0.1, -0.05) is 45.0 Å². The van der Waals surface area contributed by atoms with E-state index < -0.39 is 0 Å². The normalized spacial score (nSPS) is 12.3. The molecule has 0 aliphatic rings. The van der Waals surface area contributed by atoms with E-state index in [2.05, 4.69) is 74.3 Å². The second kappa shape index (κ2) is 7.14. The fourth-order valence-corrected chi connectivity index (χ4v) is 4.83. The molecular weight excluding hydrogens is 348 g/mol. The molecule has 0 saturated heterocycles. The molecule has 2 nitrogen and oxygen atoms in total. The average Bonchev–Trinajstić information content (AvgIpc) is 3.22. The maximum atomic E-state index is 5.76. The number of unbranched alkanes of at least 4 members (excludes halogenated alkanes) is 1. The van der Waals surface area contributed by atoms with E-state index in [4.69, 9.17) is 5.73 Å². The van der Waals surface area contributed by atoms with Crippen LogP contribution in [0.25, 0.3) is 31.6 Å². The number of rotatable bonds is 5. The van der Waals surface area contributed by atoms with Crippen LogP contribution in [0.3, 0.4) is 0 Å². The first-order valence-corrected chi connectivity index (χ1v) is 10.6. The Kier molecular flexibility index (Phi) is 4.83. The van der Waals surface area contributed by atoms with Crippen molar-refractivity contribution in [2.24, 2.45) is 5.73 Å². The van der Waals surface area contributed by atoms with Crippen molar-refractivity contribution in [1.82, 2.24) is 4.98 Å². The summed E-state index contributed by atoms with van der Waals surface area (Å²) in [6.07, 6.45) is 3.26. The minimum absolute atomic E-state index is 0.151. The van der Waals surface area contributed by atoms with Crippen LogP contribution in [-0.2, 0) is 11.8 Å². The van der Waals surface area contributed by atoms with E-state index in [1.807, 2.05) is 11.3 Å². The number of aromatic nitrogens is 1. The van der Waals surface area contributed by atoms with Crippen LogP contribution in [0.4, 0.5) is 0 Å². The summed E-state index contributed by atoms with van der Waals surface area (Å²) in [5, 5.41) is 2.69. The average molecular weight is 377 g/mol. The monoisotopic (exact) mass is 376 g/mol. The molecule has 27 heavy (non-hydrogen) atoms. The molecule has 2 aromatic carbocycles. The number of nitrogens with one attached hydrogen (secondary N) is 1. The van der Waals surface area contributed by atoms with Crippen molar-refractivity contribution in [3.63, 3.8) is 0 Å². The molecule has 3 heteroatoms. The summed E-state index contributed by atoms with van der Waals surface area (Å²) in [4.78, 5) is 5.05. The van der Waals surface area contributed by atoms with Gasteiger partial charge in [-0.15, -0.1) is 11.3 Å². The molecule has 0 spiro atoms. The molecule has 0 aliphatic carbocycles. The van der Waals surface area contributed by atoms with Crippen molar-refractivity contribution in [3.05, 3.63) is 59.7 Å². The van der Waals surface area contributed by atoms with Gasteiger partial charge in [-0.05, 0) is 72.0 Å². The second-order valence-electron chi connectivity index (χ2n) is 8.38. The highest BCUT2D eigenvalue weighted by molar-refractivity contribution is 7.22. The Morgan fingerprint density at radius 2 is 1.81 bits per heavy atom. The fraction of sp³-hybridized carbons (Fsp3) is 0.333. The Hall–Kier alpha value is -2.10. The third-order valence-corrected chi connectivity index (χ3v) is 6.46. The van der Waals surface area contributed by atoms with Crippen molar-refractivity contribution in [3.8, 4) is 10.6 Å². The zero-order chi connectivity index (χ0) is 19.0. The van der Waals surface area contributed by atoms with Gasteiger partial charge in [0.25, 0.3) is 0 Å². The molecule has 0 aliphatic heterocycles. The number of benzene rings is 2. The minimum atomic E-state index is 0.151. The molecule has 140 valence electrons. The number of nitrogens with two attached hydrogens (primary N) is 1. The summed E-state index contributed by atoms with van der Waals surface area (Å²) in [6.45, 7) is 7.60. The van der Waals surface area contributed by atoms with Crippen LogP contribution in [0.1, 0.15) is 44.7 Å². The molecule has 0 saturated carbocycles. The number of aromatic amines is 1. The number of thiophene rings is 1. The smallest absolute Gasteiger partial charge is 0.0599 e. The minimum Gasteiger partial charge on any atom is -0.354 e. The largest absolute Gasteiger partial charge is 0.354 e. The summed E-state index contributed by atoms with van der Waals surface area (Å²) in [5.74, 6) is 0. The highest BCUT2D eigenvalue weighted by Gasteiger charge is 2.19. The van der Waals surface area contributed by atoms with Crippen molar-refractivity contribution < 1.29 is 0 Å². The van der Waals surface area contributed by atoms with Gasteiger partial charge in [0.2, 0.25) is 0 Å². The standard InChI is InChI=1S/C24H28N2S/c1-24(2,3)17-11-12-20-19(15-17)18(9-6-7-13-25)23(26-20)22-14-16-8-4-5-10-21(16)27-22/h4-5,8,10-12,14-15,26H,6-7,9,13,25H2,1-3H3. The lowest BCUT2D eigenvalue weighted by Gasteiger charge is -2.19. The Morgan fingerprint density at radius 1 is 1.00 bits per heavy atom. The molecule has 4 rings (SSSR count). The number of hydrogen-bond acceptors (Lipinski definition) is 2. The lowest BCUT2D eigenvalue weighted by Crippen LogP contribution is -2.10. The van der Waals surface area contributed by atoms with Gasteiger partial charge in [0, 0.05) is 15.6 Å². The highest BCUT2D eigenvalue weighted by Crippen LogP contribution is 2.39. The van der Waals surface area contributed by atoms with Crippen LogP contribution in [0, 0.1) is 0 Å². The first-order chi connectivity index (χ1) is 13.0. The zero-order valence-corrected chi connectivity index (χ0v) is 17.2. The van der Waals surface area contributed by atoms with Crippen molar-refractivity contribution in [2.75, 3.05) is 6.54 Å².